The molecule has 0 atom stereocenters. The van der Waals surface area contributed by atoms with Gasteiger partial charge in [0, 0.05) is 23.3 Å². The number of hydrogen-bond donors (Lipinski definition) is 0. The third-order valence-corrected chi connectivity index (χ3v) is 4.03. The minimum Gasteiger partial charge on any atom is -0.490 e. The molecule has 0 unspecified atom stereocenters. The third-order valence-electron chi connectivity index (χ3n) is 4.03. The smallest absolute Gasteiger partial charge is 0.335 e. The van der Waals surface area contributed by atoms with Crippen molar-refractivity contribution < 1.29 is 28.2 Å². The molecule has 0 amide bonds. The summed E-state index contributed by atoms with van der Waals surface area (Å²) in [5.74, 6) is 1.51. The van der Waals surface area contributed by atoms with Crippen molar-refractivity contribution in [2.24, 2.45) is 0 Å². The van der Waals surface area contributed by atoms with Crippen molar-refractivity contribution in [1.29, 1.82) is 0 Å². The maximum absolute atomic E-state index is 11.2. The lowest BCUT2D eigenvalue weighted by atomic mass is 10.1. The summed E-state index contributed by atoms with van der Waals surface area (Å²) < 4.78 is 21.4. The van der Waals surface area contributed by atoms with Gasteiger partial charge in [0.15, 0.2) is 0 Å². The van der Waals surface area contributed by atoms with E-state index in [0.717, 1.165) is 23.3 Å². The average Bonchev–Trinajstić information content (AvgIpc) is 3.27. The van der Waals surface area contributed by atoms with Crippen molar-refractivity contribution in [1.82, 2.24) is 0 Å². The van der Waals surface area contributed by atoms with Crippen LogP contribution in [0.1, 0.15) is 0 Å². The number of esters is 2. The highest BCUT2D eigenvalue weighted by Gasteiger charge is 2.08. The van der Waals surface area contributed by atoms with Gasteiger partial charge < -0.3 is 18.6 Å². The van der Waals surface area contributed by atoms with Gasteiger partial charge >= 0.3 is 11.9 Å². The van der Waals surface area contributed by atoms with Gasteiger partial charge in [0.05, 0.1) is 0 Å². The SMILES string of the molecule is C=CC(=O)OCCOc1ccc(-c2ccc(-c3ccc(OC(=O)C=C)cc3)o2)cc1. The number of hydrogen-bond acceptors (Lipinski definition) is 6. The normalized spacial score (nSPS) is 10.1. The third kappa shape index (κ3) is 5.48. The van der Waals surface area contributed by atoms with Crippen LogP contribution < -0.4 is 9.47 Å². The van der Waals surface area contributed by atoms with Crippen LogP contribution in [0.15, 0.2) is 90.4 Å². The van der Waals surface area contributed by atoms with Crippen molar-refractivity contribution in [3.05, 3.63) is 86.0 Å². The lowest BCUT2D eigenvalue weighted by Crippen LogP contribution is -2.10. The van der Waals surface area contributed by atoms with E-state index in [1.54, 1.807) is 12.1 Å². The first kappa shape index (κ1) is 20.7. The van der Waals surface area contributed by atoms with E-state index in [2.05, 4.69) is 13.2 Å². The van der Waals surface area contributed by atoms with Gasteiger partial charge in [-0.2, -0.15) is 0 Å². The zero-order valence-corrected chi connectivity index (χ0v) is 16.2. The largest absolute Gasteiger partial charge is 0.490 e. The lowest BCUT2D eigenvalue weighted by Gasteiger charge is -2.07. The fourth-order valence-corrected chi connectivity index (χ4v) is 2.57. The van der Waals surface area contributed by atoms with Crippen LogP contribution in [0.5, 0.6) is 11.5 Å². The first-order valence-electron chi connectivity index (χ1n) is 9.16. The first-order chi connectivity index (χ1) is 14.6. The van der Waals surface area contributed by atoms with Crippen LogP contribution in [0, 0.1) is 0 Å². The van der Waals surface area contributed by atoms with E-state index in [-0.39, 0.29) is 13.2 Å². The summed E-state index contributed by atoms with van der Waals surface area (Å²) in [7, 11) is 0. The molecule has 2 aromatic carbocycles. The van der Waals surface area contributed by atoms with Crippen LogP contribution in [-0.2, 0) is 14.3 Å². The van der Waals surface area contributed by atoms with Gasteiger partial charge in [-0.3, -0.25) is 0 Å². The molecule has 3 rings (SSSR count). The van der Waals surface area contributed by atoms with Crippen LogP contribution in [0.25, 0.3) is 22.6 Å². The van der Waals surface area contributed by atoms with Gasteiger partial charge in [-0.05, 0) is 60.7 Å². The second-order valence-electron chi connectivity index (χ2n) is 6.06. The molecule has 0 spiro atoms. The standard InChI is InChI=1S/C24H20O6/c1-3-23(25)28-16-15-27-19-9-5-17(6-10-19)21-13-14-22(30-21)18-7-11-20(12-8-18)29-24(26)4-2/h3-14H,1-2,15-16H2. The molecule has 0 radical (unpaired) electrons. The fraction of sp³-hybridized carbons (Fsp3) is 0.0833. The van der Waals surface area contributed by atoms with E-state index in [1.807, 2.05) is 48.5 Å². The van der Waals surface area contributed by atoms with Crippen LogP contribution >= 0.6 is 0 Å². The molecule has 0 N–H and O–H groups in total. The zero-order chi connectivity index (χ0) is 21.3. The van der Waals surface area contributed by atoms with E-state index >= 15 is 0 Å². The van der Waals surface area contributed by atoms with Gasteiger partial charge in [0.25, 0.3) is 0 Å². The van der Waals surface area contributed by atoms with Crippen molar-refractivity contribution in [3.63, 3.8) is 0 Å². The second kappa shape index (κ2) is 9.93. The van der Waals surface area contributed by atoms with Crippen molar-refractivity contribution >= 4 is 11.9 Å². The molecular weight excluding hydrogens is 384 g/mol. The molecule has 0 aliphatic heterocycles. The minimum atomic E-state index is -0.506. The zero-order valence-electron chi connectivity index (χ0n) is 16.2. The molecule has 6 nitrogen and oxygen atoms in total. The second-order valence-corrected chi connectivity index (χ2v) is 6.06. The Morgan fingerprint density at radius 1 is 0.733 bits per heavy atom. The molecule has 30 heavy (non-hydrogen) atoms. The highest BCUT2D eigenvalue weighted by molar-refractivity contribution is 5.83. The summed E-state index contributed by atoms with van der Waals surface area (Å²) in [4.78, 5) is 22.2. The molecule has 3 aromatic rings. The molecule has 0 aliphatic carbocycles. The molecule has 0 bridgehead atoms. The molecule has 0 saturated carbocycles. The Hall–Kier alpha value is -4.06. The first-order valence-corrected chi connectivity index (χ1v) is 9.16. The van der Waals surface area contributed by atoms with Crippen LogP contribution in [-0.4, -0.2) is 25.2 Å². The summed E-state index contributed by atoms with van der Waals surface area (Å²) in [6, 6.07) is 18.1. The average molecular weight is 404 g/mol. The number of ether oxygens (including phenoxy) is 3. The molecule has 0 aliphatic rings. The predicted molar refractivity (Wildman–Crippen MR) is 112 cm³/mol. The summed E-state index contributed by atoms with van der Waals surface area (Å²) in [6.07, 6.45) is 2.22. The predicted octanol–water partition coefficient (Wildman–Crippen LogP) is 4.81. The Morgan fingerprint density at radius 2 is 1.27 bits per heavy atom. The minimum absolute atomic E-state index is 0.153. The highest BCUT2D eigenvalue weighted by Crippen LogP contribution is 2.30. The van der Waals surface area contributed by atoms with Crippen LogP contribution in [0.3, 0.4) is 0 Å². The van der Waals surface area contributed by atoms with Crippen molar-refractivity contribution in [3.8, 4) is 34.1 Å². The molecule has 1 heterocycles. The number of benzene rings is 2. The van der Waals surface area contributed by atoms with E-state index < -0.39 is 11.9 Å². The summed E-state index contributed by atoms with van der Waals surface area (Å²) in [5, 5.41) is 0. The Bertz CT molecular complexity index is 1030. The Morgan fingerprint density at radius 3 is 1.80 bits per heavy atom. The molecule has 1 aromatic heterocycles. The van der Waals surface area contributed by atoms with E-state index in [0.29, 0.717) is 23.0 Å². The van der Waals surface area contributed by atoms with E-state index in [1.165, 1.54) is 0 Å². The number of carbonyl (C=O) groups is 2. The molecule has 152 valence electrons. The van der Waals surface area contributed by atoms with Crippen molar-refractivity contribution in [2.75, 3.05) is 13.2 Å². The Balaban J connectivity index is 1.60. The summed E-state index contributed by atoms with van der Waals surface area (Å²) in [5.41, 5.74) is 1.75. The topological polar surface area (TPSA) is 75.0 Å². The van der Waals surface area contributed by atoms with Gasteiger partial charge in [-0.25, -0.2) is 9.59 Å². The quantitative estimate of drug-likeness (QED) is 0.220. The van der Waals surface area contributed by atoms with E-state index in [4.69, 9.17) is 18.6 Å². The summed E-state index contributed by atoms with van der Waals surface area (Å²) in [6.45, 7) is 7.10. The highest BCUT2D eigenvalue weighted by atomic mass is 16.6. The lowest BCUT2D eigenvalue weighted by molar-refractivity contribution is -0.138. The van der Waals surface area contributed by atoms with Gasteiger partial charge in [0.2, 0.25) is 0 Å². The Kier molecular flexibility index (Phi) is 6.84. The van der Waals surface area contributed by atoms with E-state index in [9.17, 15) is 9.59 Å². The molecule has 0 saturated heterocycles. The molecular formula is C24H20O6. The van der Waals surface area contributed by atoms with Crippen LogP contribution in [0.4, 0.5) is 0 Å². The maximum atomic E-state index is 11.2. The number of rotatable bonds is 9. The van der Waals surface area contributed by atoms with Gasteiger partial charge in [-0.15, -0.1) is 0 Å². The van der Waals surface area contributed by atoms with Gasteiger partial charge in [0.1, 0.15) is 36.2 Å². The van der Waals surface area contributed by atoms with Gasteiger partial charge in [-0.1, -0.05) is 13.2 Å². The number of furan rings is 1. The molecule has 0 fully saturated rings. The summed E-state index contributed by atoms with van der Waals surface area (Å²) >= 11 is 0. The molecule has 6 heteroatoms. The maximum Gasteiger partial charge on any atom is 0.335 e. The van der Waals surface area contributed by atoms with Crippen molar-refractivity contribution in [2.45, 2.75) is 0 Å². The monoisotopic (exact) mass is 404 g/mol. The fourth-order valence-electron chi connectivity index (χ4n) is 2.57. The Labute approximate surface area is 174 Å². The number of carbonyl (C=O) groups excluding carboxylic acids is 2. The van der Waals surface area contributed by atoms with Crippen LogP contribution in [0.2, 0.25) is 0 Å².